The van der Waals surface area contributed by atoms with Gasteiger partial charge in [-0.2, -0.15) is 4.98 Å². The van der Waals surface area contributed by atoms with Gasteiger partial charge in [0.1, 0.15) is 11.3 Å². The number of likely N-dealkylation sites (N-methyl/N-ethyl adjacent to an activating group) is 1. The number of piperazine rings is 1. The minimum absolute atomic E-state index is 0.143. The first-order valence-corrected chi connectivity index (χ1v) is 14.0. The molecule has 0 saturated carbocycles. The third kappa shape index (κ3) is 4.44. The Balaban J connectivity index is 1.54. The Labute approximate surface area is 243 Å². The molecule has 1 N–H and O–H groups in total. The predicted octanol–water partition coefficient (Wildman–Crippen LogP) is 5.37. The number of carbonyl (C=O) groups excluding carboxylic acids is 1. The highest BCUT2D eigenvalue weighted by Crippen LogP contribution is 2.43. The summed E-state index contributed by atoms with van der Waals surface area (Å²) in [5.74, 6) is 0.345. The average Bonchev–Trinajstić information content (AvgIpc) is 3.38. The Bertz CT molecular complexity index is 1730. The van der Waals surface area contributed by atoms with Crippen molar-refractivity contribution in [3.8, 4) is 11.1 Å². The molecule has 0 radical (unpaired) electrons. The molecule has 2 saturated heterocycles. The van der Waals surface area contributed by atoms with Gasteiger partial charge in [0.15, 0.2) is 5.82 Å². The number of nitrogens with zero attached hydrogens (tertiary/aromatic N) is 6. The van der Waals surface area contributed by atoms with Crippen LogP contribution in [0.3, 0.4) is 0 Å². The molecule has 2 aliphatic heterocycles. The van der Waals surface area contributed by atoms with Crippen LogP contribution in [-0.2, 0) is 4.79 Å². The van der Waals surface area contributed by atoms with E-state index in [-0.39, 0.29) is 22.5 Å². The van der Waals surface area contributed by atoms with Crippen LogP contribution in [0.4, 0.5) is 16.2 Å². The number of halogens is 2. The van der Waals surface area contributed by atoms with Crippen LogP contribution in [0.5, 0.6) is 0 Å². The van der Waals surface area contributed by atoms with Crippen LogP contribution in [0.25, 0.3) is 32.9 Å². The zero-order chi connectivity index (χ0) is 29.2. The monoisotopic (exact) mass is 573 g/mol. The molecule has 1 amide bonds. The first-order chi connectivity index (χ1) is 19.6. The minimum atomic E-state index is -0.488. The van der Waals surface area contributed by atoms with E-state index in [4.69, 9.17) is 21.6 Å². The number of amides is 1. The number of aryl methyl sites for hydroxylation is 1. The number of nitrogens with one attached hydrogen (secondary N) is 1. The van der Waals surface area contributed by atoms with Crippen LogP contribution in [0, 0.1) is 12.7 Å². The molecule has 2 aromatic heterocycles. The number of H-pyrrole nitrogens is 1. The number of aromatic nitrogens is 3. The Morgan fingerprint density at radius 2 is 1.93 bits per heavy atom. The number of hydrogen-bond donors (Lipinski definition) is 1. The van der Waals surface area contributed by atoms with Crippen molar-refractivity contribution in [2.45, 2.75) is 25.9 Å². The van der Waals surface area contributed by atoms with Crippen molar-refractivity contribution in [1.29, 1.82) is 0 Å². The van der Waals surface area contributed by atoms with E-state index in [9.17, 15) is 4.79 Å². The van der Waals surface area contributed by atoms with Gasteiger partial charge in [-0.15, -0.1) is 0 Å². The lowest BCUT2D eigenvalue weighted by Crippen LogP contribution is -2.58. The van der Waals surface area contributed by atoms with Crippen molar-refractivity contribution in [2.24, 2.45) is 0 Å². The van der Waals surface area contributed by atoms with E-state index in [0.29, 0.717) is 47.5 Å². The first kappa shape index (κ1) is 27.2. The Hall–Kier alpha value is -3.95. The largest absolute Gasteiger partial charge is 0.361 e. The highest BCUT2D eigenvalue weighted by molar-refractivity contribution is 6.35. The molecular formula is C31H33ClFN7O. The zero-order valence-electron chi connectivity index (χ0n) is 23.7. The molecular weight excluding hydrogens is 541 g/mol. The SMILES string of the molecule is C=CC(=O)N1CC(=C)N(c2nc(N3CC(N(C)C)C3)nc3c(F)c(-c4c(C)ccc5[nH]ccc45)c(Cl)cc23)C[C@H]1C. The van der Waals surface area contributed by atoms with Crippen LogP contribution < -0.4 is 9.80 Å². The molecule has 2 fully saturated rings. The molecule has 2 aromatic carbocycles. The van der Waals surface area contributed by atoms with E-state index < -0.39 is 5.82 Å². The van der Waals surface area contributed by atoms with Crippen LogP contribution in [0.2, 0.25) is 5.02 Å². The molecule has 8 nitrogen and oxygen atoms in total. The van der Waals surface area contributed by atoms with Crippen molar-refractivity contribution in [2.75, 3.05) is 50.1 Å². The van der Waals surface area contributed by atoms with Gasteiger partial charge in [0, 0.05) is 65.5 Å². The number of carbonyl (C=O) groups is 1. The number of aromatic amines is 1. The summed E-state index contributed by atoms with van der Waals surface area (Å²) < 4.78 is 16.8. The van der Waals surface area contributed by atoms with Gasteiger partial charge in [0.05, 0.1) is 11.6 Å². The predicted molar refractivity (Wildman–Crippen MR) is 164 cm³/mol. The molecule has 6 rings (SSSR count). The van der Waals surface area contributed by atoms with Gasteiger partial charge in [-0.1, -0.05) is 30.8 Å². The van der Waals surface area contributed by atoms with Gasteiger partial charge in [-0.05, 0) is 63.3 Å². The summed E-state index contributed by atoms with van der Waals surface area (Å²) in [4.78, 5) is 33.3. The average molecular weight is 574 g/mol. The summed E-state index contributed by atoms with van der Waals surface area (Å²) in [5, 5.41) is 1.67. The molecule has 0 spiro atoms. The van der Waals surface area contributed by atoms with Crippen molar-refractivity contribution in [3.05, 3.63) is 71.8 Å². The summed E-state index contributed by atoms with van der Waals surface area (Å²) in [6, 6.07) is 7.86. The van der Waals surface area contributed by atoms with E-state index in [0.717, 1.165) is 35.1 Å². The molecule has 41 heavy (non-hydrogen) atoms. The third-order valence-electron chi connectivity index (χ3n) is 8.35. The maximum absolute atomic E-state index is 16.8. The molecule has 10 heteroatoms. The number of fused-ring (bicyclic) bond motifs is 2. The van der Waals surface area contributed by atoms with Crippen LogP contribution >= 0.6 is 11.6 Å². The highest BCUT2D eigenvalue weighted by Gasteiger charge is 2.35. The van der Waals surface area contributed by atoms with Gasteiger partial charge in [-0.3, -0.25) is 4.79 Å². The topological polar surface area (TPSA) is 71.6 Å². The zero-order valence-corrected chi connectivity index (χ0v) is 24.5. The fourth-order valence-corrected chi connectivity index (χ4v) is 6.13. The van der Waals surface area contributed by atoms with E-state index in [1.165, 1.54) is 6.08 Å². The quantitative estimate of drug-likeness (QED) is 0.324. The second kappa shape index (κ2) is 10.2. The molecule has 1 atom stereocenters. The normalized spacial score (nSPS) is 18.1. The van der Waals surface area contributed by atoms with E-state index in [1.807, 2.05) is 57.2 Å². The Morgan fingerprint density at radius 1 is 1.17 bits per heavy atom. The smallest absolute Gasteiger partial charge is 0.246 e. The van der Waals surface area contributed by atoms with Crippen LogP contribution in [0.1, 0.15) is 12.5 Å². The van der Waals surface area contributed by atoms with Gasteiger partial charge in [0.25, 0.3) is 0 Å². The van der Waals surface area contributed by atoms with Crippen LogP contribution in [-0.4, -0.2) is 83.0 Å². The summed E-state index contributed by atoms with van der Waals surface area (Å²) in [6.07, 6.45) is 3.15. The number of rotatable bonds is 5. The van der Waals surface area contributed by atoms with Crippen molar-refractivity contribution in [1.82, 2.24) is 24.8 Å². The summed E-state index contributed by atoms with van der Waals surface area (Å²) >= 11 is 6.91. The second-order valence-corrected chi connectivity index (χ2v) is 11.6. The van der Waals surface area contributed by atoms with Crippen molar-refractivity contribution in [3.63, 3.8) is 0 Å². The van der Waals surface area contributed by atoms with Gasteiger partial charge in [-0.25, -0.2) is 9.37 Å². The third-order valence-corrected chi connectivity index (χ3v) is 8.64. The fraction of sp³-hybridized carbons (Fsp3) is 0.323. The summed E-state index contributed by atoms with van der Waals surface area (Å²) in [7, 11) is 4.09. The molecule has 4 heterocycles. The first-order valence-electron chi connectivity index (χ1n) is 13.7. The number of anilines is 2. The molecule has 0 aliphatic carbocycles. The lowest BCUT2D eigenvalue weighted by molar-refractivity contribution is -0.127. The maximum atomic E-state index is 16.8. The lowest BCUT2D eigenvalue weighted by atomic mass is 9.95. The summed E-state index contributed by atoms with van der Waals surface area (Å²) in [6.45, 7) is 14.0. The van der Waals surface area contributed by atoms with Crippen molar-refractivity contribution < 1.29 is 9.18 Å². The van der Waals surface area contributed by atoms with E-state index in [1.54, 1.807) is 11.0 Å². The maximum Gasteiger partial charge on any atom is 0.246 e. The standard InChI is InChI=1S/C31H33ClFN7O/c1-7-25(41)39-13-19(4)40(14-18(39)3)30-22-12-23(32)27(26-17(2)8-9-24-21(26)10-11-34-24)28(33)29(22)35-31(36-30)38-15-20(16-38)37(5)6/h7-12,18,20,34H,1,4,13-16H2,2-3,5-6H3/t18-/m1/s1. The minimum Gasteiger partial charge on any atom is -0.361 e. The highest BCUT2D eigenvalue weighted by atomic mass is 35.5. The number of benzene rings is 2. The van der Waals surface area contributed by atoms with Gasteiger partial charge in [0.2, 0.25) is 11.9 Å². The molecule has 2 aliphatic rings. The van der Waals surface area contributed by atoms with E-state index >= 15 is 4.39 Å². The number of hydrogen-bond acceptors (Lipinski definition) is 6. The molecule has 0 unspecified atom stereocenters. The summed E-state index contributed by atoms with van der Waals surface area (Å²) in [5.41, 5.74) is 3.75. The Kier molecular flexibility index (Phi) is 6.74. The second-order valence-electron chi connectivity index (χ2n) is 11.2. The van der Waals surface area contributed by atoms with Crippen molar-refractivity contribution >= 4 is 51.1 Å². The fourth-order valence-electron chi connectivity index (χ4n) is 5.84. The van der Waals surface area contributed by atoms with E-state index in [2.05, 4.69) is 27.9 Å². The van der Waals surface area contributed by atoms with Gasteiger partial charge < -0.3 is 24.6 Å². The molecule has 4 aromatic rings. The Morgan fingerprint density at radius 3 is 2.63 bits per heavy atom. The molecule has 212 valence electrons. The lowest BCUT2D eigenvalue weighted by Gasteiger charge is -2.44. The van der Waals surface area contributed by atoms with Crippen LogP contribution in [0.15, 0.2) is 55.4 Å². The molecule has 0 bridgehead atoms. The van der Waals surface area contributed by atoms with Gasteiger partial charge >= 0.3 is 0 Å².